The van der Waals surface area contributed by atoms with Crippen molar-refractivity contribution in [1.82, 2.24) is 0 Å². The molecule has 2 aromatic rings. The van der Waals surface area contributed by atoms with Crippen LogP contribution in [-0.2, 0) is 4.74 Å². The Labute approximate surface area is 129 Å². The minimum absolute atomic E-state index is 0.652. The quantitative estimate of drug-likeness (QED) is 0.868. The lowest BCUT2D eigenvalue weighted by atomic mass is 10.1. The van der Waals surface area contributed by atoms with Gasteiger partial charge in [-0.05, 0) is 36.4 Å². The molecule has 5 heteroatoms. The average Bonchev–Trinajstić information content (AvgIpc) is 2.62. The van der Waals surface area contributed by atoms with Gasteiger partial charge < -0.3 is 9.47 Å². The minimum atomic E-state index is 0.652. The van der Waals surface area contributed by atoms with E-state index in [0.717, 1.165) is 35.9 Å². The molecule has 1 N–H and O–H groups in total. The van der Waals surface area contributed by atoms with Crippen molar-refractivity contribution in [3.63, 3.8) is 0 Å². The van der Waals surface area contributed by atoms with E-state index < -0.39 is 0 Å². The summed E-state index contributed by atoms with van der Waals surface area (Å²) in [5.74, 6) is 1.69. The Kier molecular flexibility index (Phi) is 4.22. The maximum Gasteiger partial charge on any atom is 0.293 e. The molecule has 0 spiro atoms. The summed E-state index contributed by atoms with van der Waals surface area (Å²) in [6, 6.07) is 13.9. The first-order valence-electron chi connectivity index (χ1n) is 7.25. The highest BCUT2D eigenvalue weighted by molar-refractivity contribution is 5.61. The second-order valence-electron chi connectivity index (χ2n) is 5.07. The highest BCUT2D eigenvalue weighted by Crippen LogP contribution is 2.22. The van der Waals surface area contributed by atoms with Crippen LogP contribution >= 0.6 is 0 Å². The Morgan fingerprint density at radius 3 is 2.50 bits per heavy atom. The summed E-state index contributed by atoms with van der Waals surface area (Å²) >= 11 is 0. The third kappa shape index (κ3) is 2.87. The Morgan fingerprint density at radius 2 is 1.86 bits per heavy atom. The van der Waals surface area contributed by atoms with Crippen LogP contribution in [-0.4, -0.2) is 33.4 Å². The maximum atomic E-state index is 9.33. The molecular formula is C17H18N3O2+. The average molecular weight is 296 g/mol. The Balaban J connectivity index is 1.96. The first kappa shape index (κ1) is 14.4. The van der Waals surface area contributed by atoms with Crippen LogP contribution in [0.1, 0.15) is 5.56 Å². The van der Waals surface area contributed by atoms with E-state index in [1.807, 2.05) is 36.4 Å². The molecule has 1 aliphatic heterocycles. The molecule has 112 valence electrons. The molecule has 0 atom stereocenters. The molecule has 2 heterocycles. The largest absolute Gasteiger partial charge is 0.497 e. The molecular weight excluding hydrogens is 278 g/mol. The van der Waals surface area contributed by atoms with Gasteiger partial charge in [-0.25, -0.2) is 4.98 Å². The number of rotatable bonds is 3. The van der Waals surface area contributed by atoms with E-state index in [4.69, 9.17) is 9.47 Å². The van der Waals surface area contributed by atoms with Gasteiger partial charge in [-0.3, -0.25) is 4.90 Å². The van der Waals surface area contributed by atoms with Crippen molar-refractivity contribution >= 4 is 5.82 Å². The molecule has 22 heavy (non-hydrogen) atoms. The molecule has 0 unspecified atom stereocenters. The zero-order chi connectivity index (χ0) is 15.4. The number of nitrogens with zero attached hydrogens (tertiary/aromatic N) is 2. The second kappa shape index (κ2) is 6.46. The smallest absolute Gasteiger partial charge is 0.293 e. The topological polar surface area (TPSA) is 59.6 Å². The molecule has 0 saturated carbocycles. The van der Waals surface area contributed by atoms with Gasteiger partial charge in [0.05, 0.1) is 20.3 Å². The molecule has 1 aromatic heterocycles. The van der Waals surface area contributed by atoms with Crippen molar-refractivity contribution < 1.29 is 14.5 Å². The number of pyridine rings is 1. The molecule has 5 nitrogen and oxygen atoms in total. The lowest BCUT2D eigenvalue weighted by molar-refractivity contribution is -0.351. The number of ether oxygens (including phenoxy) is 2. The van der Waals surface area contributed by atoms with Gasteiger partial charge in [0.1, 0.15) is 36.2 Å². The van der Waals surface area contributed by atoms with Crippen molar-refractivity contribution in [1.29, 1.82) is 5.26 Å². The van der Waals surface area contributed by atoms with E-state index in [0.29, 0.717) is 18.8 Å². The first-order chi connectivity index (χ1) is 10.8. The van der Waals surface area contributed by atoms with Crippen molar-refractivity contribution in [2.45, 2.75) is 0 Å². The van der Waals surface area contributed by atoms with Crippen LogP contribution in [0.5, 0.6) is 5.75 Å². The van der Waals surface area contributed by atoms with E-state index in [-0.39, 0.29) is 0 Å². The van der Waals surface area contributed by atoms with Crippen LogP contribution < -0.4 is 14.6 Å². The first-order valence-corrected chi connectivity index (χ1v) is 7.25. The van der Waals surface area contributed by atoms with Crippen LogP contribution in [0, 0.1) is 11.3 Å². The Bertz CT molecular complexity index is 686. The van der Waals surface area contributed by atoms with E-state index >= 15 is 0 Å². The predicted octanol–water partition coefficient (Wildman–Crippen LogP) is 1.88. The monoisotopic (exact) mass is 296 g/mol. The number of anilines is 1. The van der Waals surface area contributed by atoms with Gasteiger partial charge >= 0.3 is 0 Å². The molecule has 0 radical (unpaired) electrons. The fourth-order valence-corrected chi connectivity index (χ4v) is 2.55. The Hall–Kier alpha value is -2.58. The number of hydrogen-bond acceptors (Lipinski definition) is 4. The molecule has 1 aromatic carbocycles. The second-order valence-corrected chi connectivity index (χ2v) is 5.07. The number of methoxy groups -OCH3 is 1. The van der Waals surface area contributed by atoms with Crippen LogP contribution in [0.25, 0.3) is 11.3 Å². The summed E-state index contributed by atoms with van der Waals surface area (Å²) < 4.78 is 10.6. The maximum absolute atomic E-state index is 9.33. The van der Waals surface area contributed by atoms with Gasteiger partial charge in [0, 0.05) is 5.56 Å². The summed E-state index contributed by atoms with van der Waals surface area (Å²) in [6.07, 6.45) is 0. The van der Waals surface area contributed by atoms with Crippen molar-refractivity contribution in [2.24, 2.45) is 0 Å². The van der Waals surface area contributed by atoms with E-state index in [2.05, 4.69) is 16.0 Å². The fraction of sp³-hybridized carbons (Fsp3) is 0.294. The van der Waals surface area contributed by atoms with Gasteiger partial charge in [-0.15, -0.1) is 0 Å². The summed E-state index contributed by atoms with van der Waals surface area (Å²) in [7, 11) is 1.65. The van der Waals surface area contributed by atoms with Crippen LogP contribution in [0.15, 0.2) is 36.4 Å². The molecule has 1 saturated heterocycles. The molecule has 0 amide bonds. The number of morpholine rings is 1. The number of aromatic amines is 1. The third-order valence-electron chi connectivity index (χ3n) is 3.77. The van der Waals surface area contributed by atoms with E-state index in [1.165, 1.54) is 0 Å². The van der Waals surface area contributed by atoms with Crippen molar-refractivity contribution in [2.75, 3.05) is 38.3 Å². The number of aromatic nitrogens is 1. The van der Waals surface area contributed by atoms with Crippen LogP contribution in [0.2, 0.25) is 0 Å². The summed E-state index contributed by atoms with van der Waals surface area (Å²) in [4.78, 5) is 5.56. The van der Waals surface area contributed by atoms with E-state index in [9.17, 15) is 5.26 Å². The predicted molar refractivity (Wildman–Crippen MR) is 82.7 cm³/mol. The summed E-state index contributed by atoms with van der Waals surface area (Å²) in [6.45, 7) is 2.95. The molecule has 1 aliphatic rings. The number of nitrogens with one attached hydrogen (secondary N) is 1. The molecule has 1 fully saturated rings. The zero-order valence-corrected chi connectivity index (χ0v) is 12.5. The van der Waals surface area contributed by atoms with Gasteiger partial charge in [-0.1, -0.05) is 0 Å². The minimum Gasteiger partial charge on any atom is -0.497 e. The van der Waals surface area contributed by atoms with Crippen LogP contribution in [0.4, 0.5) is 5.82 Å². The third-order valence-corrected chi connectivity index (χ3v) is 3.77. The highest BCUT2D eigenvalue weighted by atomic mass is 16.5. The number of nitriles is 1. The summed E-state index contributed by atoms with van der Waals surface area (Å²) in [5, 5.41) is 9.33. The zero-order valence-electron chi connectivity index (χ0n) is 12.5. The molecule has 0 bridgehead atoms. The summed E-state index contributed by atoms with van der Waals surface area (Å²) in [5.41, 5.74) is 2.68. The standard InChI is InChI=1S/C17H17N3O2/c1-21-15-5-2-13(3-6-15)16-7-4-14(12-18)17(19-16)20-8-10-22-11-9-20/h2-7H,8-11H2,1H3/p+1. The van der Waals surface area contributed by atoms with Gasteiger partial charge in [-0.2, -0.15) is 5.26 Å². The van der Waals surface area contributed by atoms with Gasteiger partial charge in [0.15, 0.2) is 0 Å². The number of hydrogen-bond donors (Lipinski definition) is 0. The van der Waals surface area contributed by atoms with Crippen molar-refractivity contribution in [3.8, 4) is 23.1 Å². The normalized spacial score (nSPS) is 14.5. The lowest BCUT2D eigenvalue weighted by Crippen LogP contribution is -2.40. The van der Waals surface area contributed by atoms with Gasteiger partial charge in [0.25, 0.3) is 5.82 Å². The molecule has 0 aliphatic carbocycles. The van der Waals surface area contributed by atoms with Gasteiger partial charge in [0.2, 0.25) is 0 Å². The van der Waals surface area contributed by atoms with E-state index in [1.54, 1.807) is 7.11 Å². The SMILES string of the molecule is COc1ccc(-c2ccc(C#N)c(N3CCOCC3)[nH+]2)cc1. The highest BCUT2D eigenvalue weighted by Gasteiger charge is 2.24. The van der Waals surface area contributed by atoms with Crippen LogP contribution in [0.3, 0.4) is 0 Å². The fourth-order valence-electron chi connectivity index (χ4n) is 2.55. The number of benzene rings is 1. The molecule has 3 rings (SSSR count). The number of H-pyrrole nitrogens is 1. The van der Waals surface area contributed by atoms with Crippen molar-refractivity contribution in [3.05, 3.63) is 42.0 Å². The Morgan fingerprint density at radius 1 is 1.14 bits per heavy atom. The lowest BCUT2D eigenvalue weighted by Gasteiger charge is -2.22.